The van der Waals surface area contributed by atoms with Crippen LogP contribution in [0.15, 0.2) is 0 Å². The van der Waals surface area contributed by atoms with E-state index in [2.05, 4.69) is 24.0 Å². The molecule has 2 heteroatoms. The standard InChI is InChI=1S/C12H23NS/c1-10(11-4-2-3-5-11)13-12-6-8-14-9-7-12/h10-13H,2-9H2,1H3/t10-/m0/s1. The van der Waals surface area contributed by atoms with Gasteiger partial charge < -0.3 is 5.32 Å². The van der Waals surface area contributed by atoms with Gasteiger partial charge in [0.2, 0.25) is 0 Å². The maximum Gasteiger partial charge on any atom is 0.00853 e. The normalized spacial score (nSPS) is 28.1. The molecule has 0 spiro atoms. The van der Waals surface area contributed by atoms with Gasteiger partial charge in [0.15, 0.2) is 0 Å². The monoisotopic (exact) mass is 213 g/mol. The van der Waals surface area contributed by atoms with Gasteiger partial charge in [0.05, 0.1) is 0 Å². The van der Waals surface area contributed by atoms with Crippen LogP contribution in [0.3, 0.4) is 0 Å². The van der Waals surface area contributed by atoms with Gasteiger partial charge in [-0.3, -0.25) is 0 Å². The lowest BCUT2D eigenvalue weighted by molar-refractivity contribution is 0.330. The van der Waals surface area contributed by atoms with Gasteiger partial charge in [-0.1, -0.05) is 12.8 Å². The molecule has 1 N–H and O–H groups in total. The van der Waals surface area contributed by atoms with Crippen molar-refractivity contribution in [3.05, 3.63) is 0 Å². The highest BCUT2D eigenvalue weighted by Gasteiger charge is 2.24. The Morgan fingerprint density at radius 3 is 2.36 bits per heavy atom. The van der Waals surface area contributed by atoms with Crippen LogP contribution in [0, 0.1) is 5.92 Å². The molecule has 1 heterocycles. The first-order chi connectivity index (χ1) is 6.86. The van der Waals surface area contributed by atoms with Crippen molar-refractivity contribution >= 4 is 11.8 Å². The number of nitrogens with one attached hydrogen (secondary N) is 1. The molecule has 1 saturated heterocycles. The van der Waals surface area contributed by atoms with E-state index < -0.39 is 0 Å². The maximum atomic E-state index is 3.85. The van der Waals surface area contributed by atoms with Crippen molar-refractivity contribution in [1.82, 2.24) is 5.32 Å². The van der Waals surface area contributed by atoms with Crippen LogP contribution in [0.4, 0.5) is 0 Å². The molecule has 0 aromatic carbocycles. The predicted molar refractivity (Wildman–Crippen MR) is 64.9 cm³/mol. The Labute approximate surface area is 92.4 Å². The minimum Gasteiger partial charge on any atom is -0.311 e. The summed E-state index contributed by atoms with van der Waals surface area (Å²) in [6.45, 7) is 2.40. The highest BCUT2D eigenvalue weighted by molar-refractivity contribution is 7.99. The molecular weight excluding hydrogens is 190 g/mol. The summed E-state index contributed by atoms with van der Waals surface area (Å²) < 4.78 is 0. The quantitative estimate of drug-likeness (QED) is 0.773. The van der Waals surface area contributed by atoms with Gasteiger partial charge in [0.1, 0.15) is 0 Å². The first kappa shape index (κ1) is 10.8. The minimum atomic E-state index is 0.769. The molecule has 82 valence electrons. The number of thioether (sulfide) groups is 1. The Bertz CT molecular complexity index is 160. The maximum absolute atomic E-state index is 3.85. The molecule has 0 aromatic heterocycles. The SMILES string of the molecule is C[C@H](NC1CCSCC1)C1CCCC1. The fourth-order valence-corrected chi connectivity index (χ4v) is 3.94. The first-order valence-corrected chi connectivity index (χ1v) is 7.35. The number of hydrogen-bond donors (Lipinski definition) is 1. The largest absolute Gasteiger partial charge is 0.311 e. The van der Waals surface area contributed by atoms with Gasteiger partial charge in [-0.05, 0) is 50.0 Å². The molecule has 0 bridgehead atoms. The summed E-state index contributed by atoms with van der Waals surface area (Å²) in [4.78, 5) is 0. The highest BCUT2D eigenvalue weighted by atomic mass is 32.2. The van der Waals surface area contributed by atoms with Crippen molar-refractivity contribution in [2.75, 3.05) is 11.5 Å². The van der Waals surface area contributed by atoms with Crippen LogP contribution in [-0.2, 0) is 0 Å². The zero-order valence-corrected chi connectivity index (χ0v) is 10.1. The number of rotatable bonds is 3. The molecule has 0 amide bonds. The number of hydrogen-bond acceptors (Lipinski definition) is 2. The lowest BCUT2D eigenvalue weighted by Crippen LogP contribution is -2.42. The van der Waals surface area contributed by atoms with E-state index in [0.29, 0.717) is 0 Å². The van der Waals surface area contributed by atoms with Crippen molar-refractivity contribution in [2.24, 2.45) is 5.92 Å². The zero-order chi connectivity index (χ0) is 9.80. The Morgan fingerprint density at radius 1 is 1.07 bits per heavy atom. The van der Waals surface area contributed by atoms with Gasteiger partial charge in [-0.15, -0.1) is 0 Å². The Kier molecular flexibility index (Phi) is 4.18. The summed E-state index contributed by atoms with van der Waals surface area (Å²) in [5, 5.41) is 3.85. The minimum absolute atomic E-state index is 0.769. The molecule has 2 fully saturated rings. The third-order valence-electron chi connectivity index (χ3n) is 3.83. The van der Waals surface area contributed by atoms with Crippen molar-refractivity contribution in [2.45, 2.75) is 57.5 Å². The second-order valence-electron chi connectivity index (χ2n) is 4.89. The Balaban J connectivity index is 1.72. The molecule has 0 unspecified atom stereocenters. The molecule has 2 aliphatic rings. The summed E-state index contributed by atoms with van der Waals surface area (Å²) in [5.74, 6) is 3.72. The first-order valence-electron chi connectivity index (χ1n) is 6.20. The van der Waals surface area contributed by atoms with E-state index >= 15 is 0 Å². The summed E-state index contributed by atoms with van der Waals surface area (Å²) in [7, 11) is 0. The van der Waals surface area contributed by atoms with E-state index in [-0.39, 0.29) is 0 Å². The third kappa shape index (κ3) is 2.90. The van der Waals surface area contributed by atoms with Crippen LogP contribution >= 0.6 is 11.8 Å². The second-order valence-corrected chi connectivity index (χ2v) is 6.11. The smallest absolute Gasteiger partial charge is 0.00853 e. The topological polar surface area (TPSA) is 12.0 Å². The predicted octanol–water partition coefficient (Wildman–Crippen LogP) is 3.05. The van der Waals surface area contributed by atoms with Crippen LogP contribution in [0.2, 0.25) is 0 Å². The molecule has 1 atom stereocenters. The Morgan fingerprint density at radius 2 is 1.71 bits per heavy atom. The lowest BCUT2D eigenvalue weighted by Gasteiger charge is -2.29. The van der Waals surface area contributed by atoms with E-state index in [4.69, 9.17) is 0 Å². The summed E-state index contributed by atoms with van der Waals surface area (Å²) in [6.07, 6.45) is 8.66. The average Bonchev–Trinajstić information content (AvgIpc) is 2.72. The molecule has 0 radical (unpaired) electrons. The fourth-order valence-electron chi connectivity index (χ4n) is 2.83. The van der Waals surface area contributed by atoms with Gasteiger partial charge in [-0.25, -0.2) is 0 Å². The molecule has 14 heavy (non-hydrogen) atoms. The molecule has 1 aliphatic carbocycles. The molecule has 2 rings (SSSR count). The molecule has 1 nitrogen and oxygen atoms in total. The van der Waals surface area contributed by atoms with Gasteiger partial charge in [0, 0.05) is 12.1 Å². The van der Waals surface area contributed by atoms with Gasteiger partial charge >= 0.3 is 0 Å². The van der Waals surface area contributed by atoms with Crippen LogP contribution in [0.25, 0.3) is 0 Å². The van der Waals surface area contributed by atoms with Crippen LogP contribution in [0.1, 0.15) is 45.4 Å². The van der Waals surface area contributed by atoms with Gasteiger partial charge in [-0.2, -0.15) is 11.8 Å². The molecule has 1 saturated carbocycles. The zero-order valence-electron chi connectivity index (χ0n) is 9.30. The van der Waals surface area contributed by atoms with Crippen LogP contribution in [-0.4, -0.2) is 23.6 Å². The van der Waals surface area contributed by atoms with Gasteiger partial charge in [0.25, 0.3) is 0 Å². The summed E-state index contributed by atoms with van der Waals surface area (Å²) in [5.41, 5.74) is 0. The van der Waals surface area contributed by atoms with E-state index in [1.54, 1.807) is 0 Å². The van der Waals surface area contributed by atoms with Crippen molar-refractivity contribution in [1.29, 1.82) is 0 Å². The van der Waals surface area contributed by atoms with Crippen LogP contribution < -0.4 is 5.32 Å². The summed E-state index contributed by atoms with van der Waals surface area (Å²) in [6, 6.07) is 1.59. The van der Waals surface area contributed by atoms with Crippen LogP contribution in [0.5, 0.6) is 0 Å². The van der Waals surface area contributed by atoms with E-state index in [9.17, 15) is 0 Å². The van der Waals surface area contributed by atoms with Crippen molar-refractivity contribution in [3.8, 4) is 0 Å². The molecule has 1 aliphatic heterocycles. The Hall–Kier alpha value is 0.310. The fraction of sp³-hybridized carbons (Fsp3) is 1.00. The average molecular weight is 213 g/mol. The van der Waals surface area contributed by atoms with Crippen molar-refractivity contribution in [3.63, 3.8) is 0 Å². The molecule has 0 aromatic rings. The second kappa shape index (κ2) is 5.41. The summed E-state index contributed by atoms with van der Waals surface area (Å²) >= 11 is 2.12. The highest BCUT2D eigenvalue weighted by Crippen LogP contribution is 2.28. The third-order valence-corrected chi connectivity index (χ3v) is 4.88. The van der Waals surface area contributed by atoms with Crippen molar-refractivity contribution < 1.29 is 0 Å². The molecular formula is C12H23NS. The lowest BCUT2D eigenvalue weighted by atomic mass is 9.98. The van der Waals surface area contributed by atoms with E-state index in [0.717, 1.165) is 18.0 Å². The van der Waals surface area contributed by atoms with E-state index in [1.165, 1.54) is 50.0 Å². The van der Waals surface area contributed by atoms with E-state index in [1.807, 2.05) is 0 Å².